The summed E-state index contributed by atoms with van der Waals surface area (Å²) in [6.07, 6.45) is -2.63. The number of hydrogen-bond acceptors (Lipinski definition) is 7. The summed E-state index contributed by atoms with van der Waals surface area (Å²) < 4.78 is 80.2. The van der Waals surface area contributed by atoms with Crippen molar-refractivity contribution in [2.45, 2.75) is 30.6 Å². The summed E-state index contributed by atoms with van der Waals surface area (Å²) in [5.74, 6) is -0.845. The summed E-state index contributed by atoms with van der Waals surface area (Å²) in [6.45, 7) is 1.75. The number of benzene rings is 3. The third-order valence-corrected chi connectivity index (χ3v) is 7.09. The Labute approximate surface area is 228 Å². The van der Waals surface area contributed by atoms with E-state index in [4.69, 9.17) is 15.2 Å². The number of nitrogens with two attached hydrogens (primary N) is 1. The molecule has 0 spiro atoms. The number of alkyl halides is 3. The van der Waals surface area contributed by atoms with Gasteiger partial charge in [0.05, 0.1) is 16.7 Å². The predicted octanol–water partition coefficient (Wildman–Crippen LogP) is 5.61. The van der Waals surface area contributed by atoms with E-state index < -0.39 is 45.1 Å². The van der Waals surface area contributed by atoms with Gasteiger partial charge in [0, 0.05) is 18.3 Å². The average molecular weight is 572 g/mol. The first-order valence-electron chi connectivity index (χ1n) is 11.9. The largest absolute Gasteiger partial charge is 0.485 e. The van der Waals surface area contributed by atoms with Crippen LogP contribution in [-0.2, 0) is 22.7 Å². The van der Waals surface area contributed by atoms with Crippen LogP contribution in [-0.4, -0.2) is 19.3 Å². The zero-order chi connectivity index (χ0) is 28.9. The van der Waals surface area contributed by atoms with Crippen LogP contribution in [0.4, 0.5) is 13.2 Å². The van der Waals surface area contributed by atoms with Crippen LogP contribution in [0.2, 0.25) is 0 Å². The molecule has 1 heterocycles. The molecule has 40 heavy (non-hydrogen) atoms. The molecule has 0 saturated carbocycles. The Bertz CT molecular complexity index is 1600. The molecule has 8 nitrogen and oxygen atoms in total. The van der Waals surface area contributed by atoms with Crippen LogP contribution in [0.15, 0.2) is 96.2 Å². The van der Waals surface area contributed by atoms with E-state index in [-0.39, 0.29) is 11.4 Å². The molecule has 1 atom stereocenters. The summed E-state index contributed by atoms with van der Waals surface area (Å²) in [6, 6.07) is 18.0. The van der Waals surface area contributed by atoms with Crippen molar-refractivity contribution in [1.82, 2.24) is 9.71 Å². The minimum absolute atomic E-state index is 0.185. The first-order chi connectivity index (χ1) is 19.0. The maximum atomic E-state index is 14.0. The van der Waals surface area contributed by atoms with Crippen molar-refractivity contribution < 1.29 is 35.9 Å². The molecule has 0 aliphatic rings. The zero-order valence-corrected chi connectivity index (χ0v) is 21.9. The standard InChI is InChI=1S/C28H24F3N3O5S/c1-18(20-4-2-5-22(14-20)39-23-6-3-13-33-17-23)38-26-12-9-21(15-25(26)28(29,30)31)27(35)34-40(36,37)24-10-7-19(16-32)8-11-24/h2-15,17-18H,16,32H2,1H3,(H,34,35). The molecule has 3 N–H and O–H groups in total. The number of sulfonamides is 1. The zero-order valence-electron chi connectivity index (χ0n) is 21.1. The lowest BCUT2D eigenvalue weighted by molar-refractivity contribution is -0.139. The van der Waals surface area contributed by atoms with Crippen molar-refractivity contribution in [2.75, 3.05) is 0 Å². The fourth-order valence-corrected chi connectivity index (χ4v) is 4.65. The van der Waals surface area contributed by atoms with Crippen LogP contribution in [0.5, 0.6) is 17.2 Å². The Hall–Kier alpha value is -4.42. The maximum absolute atomic E-state index is 14.0. The van der Waals surface area contributed by atoms with Crippen molar-refractivity contribution in [1.29, 1.82) is 0 Å². The highest BCUT2D eigenvalue weighted by atomic mass is 32.2. The van der Waals surface area contributed by atoms with E-state index in [1.54, 1.807) is 54.2 Å². The maximum Gasteiger partial charge on any atom is 0.419 e. The third kappa shape index (κ3) is 6.96. The van der Waals surface area contributed by atoms with Crippen LogP contribution >= 0.6 is 0 Å². The van der Waals surface area contributed by atoms with Gasteiger partial charge in [-0.3, -0.25) is 9.78 Å². The van der Waals surface area contributed by atoms with Gasteiger partial charge in [0.15, 0.2) is 0 Å². The number of carbonyl (C=O) groups is 1. The van der Waals surface area contributed by atoms with Crippen LogP contribution < -0.4 is 19.9 Å². The molecule has 4 rings (SSSR count). The summed E-state index contributed by atoms with van der Waals surface area (Å²) in [5.41, 5.74) is 4.94. The Kier molecular flexibility index (Phi) is 8.40. The molecule has 208 valence electrons. The van der Waals surface area contributed by atoms with Gasteiger partial charge >= 0.3 is 6.18 Å². The van der Waals surface area contributed by atoms with Crippen molar-refractivity contribution >= 4 is 15.9 Å². The van der Waals surface area contributed by atoms with Crippen molar-refractivity contribution in [3.05, 3.63) is 114 Å². The number of aromatic nitrogens is 1. The van der Waals surface area contributed by atoms with E-state index in [1.807, 2.05) is 0 Å². The lowest BCUT2D eigenvalue weighted by Gasteiger charge is -2.20. The Morgan fingerprint density at radius 1 is 1.00 bits per heavy atom. The number of ether oxygens (including phenoxy) is 2. The predicted molar refractivity (Wildman–Crippen MR) is 140 cm³/mol. The molecule has 0 aliphatic heterocycles. The van der Waals surface area contributed by atoms with E-state index in [0.717, 1.165) is 12.1 Å². The third-order valence-electron chi connectivity index (χ3n) is 5.74. The van der Waals surface area contributed by atoms with Crippen LogP contribution in [0.25, 0.3) is 0 Å². The minimum atomic E-state index is -4.90. The fourth-order valence-electron chi connectivity index (χ4n) is 3.67. The van der Waals surface area contributed by atoms with Crippen molar-refractivity contribution in [3.63, 3.8) is 0 Å². The summed E-state index contributed by atoms with van der Waals surface area (Å²) in [5, 5.41) is 0. The minimum Gasteiger partial charge on any atom is -0.485 e. The van der Waals surface area contributed by atoms with Gasteiger partial charge in [-0.15, -0.1) is 0 Å². The fraction of sp³-hybridized carbons (Fsp3) is 0.143. The first-order valence-corrected chi connectivity index (χ1v) is 13.4. The molecule has 12 heteroatoms. The highest BCUT2D eigenvalue weighted by Crippen LogP contribution is 2.39. The van der Waals surface area contributed by atoms with Gasteiger partial charge in [-0.2, -0.15) is 13.2 Å². The SMILES string of the molecule is CC(Oc1ccc(C(=O)NS(=O)(=O)c2ccc(CN)cc2)cc1C(F)(F)F)c1cccc(Oc2cccnc2)c1. The summed E-state index contributed by atoms with van der Waals surface area (Å²) >= 11 is 0. The molecule has 4 aromatic rings. The molecular weight excluding hydrogens is 547 g/mol. The van der Waals surface area contributed by atoms with E-state index in [1.165, 1.54) is 30.5 Å². The second-order valence-corrected chi connectivity index (χ2v) is 10.3. The molecule has 0 saturated heterocycles. The highest BCUT2D eigenvalue weighted by Gasteiger charge is 2.36. The number of nitrogens with zero attached hydrogens (tertiary/aromatic N) is 1. The number of pyridine rings is 1. The number of rotatable bonds is 9. The van der Waals surface area contributed by atoms with Crippen molar-refractivity contribution in [2.24, 2.45) is 5.73 Å². The van der Waals surface area contributed by atoms with Gasteiger partial charge in [0.25, 0.3) is 15.9 Å². The lowest BCUT2D eigenvalue weighted by Crippen LogP contribution is -2.30. The number of amides is 1. The number of carbonyl (C=O) groups excluding carboxylic acids is 1. The van der Waals surface area contributed by atoms with E-state index in [9.17, 15) is 26.4 Å². The second-order valence-electron chi connectivity index (χ2n) is 8.61. The lowest BCUT2D eigenvalue weighted by atomic mass is 10.1. The monoisotopic (exact) mass is 571 g/mol. The van der Waals surface area contributed by atoms with Crippen LogP contribution in [0.1, 0.15) is 40.1 Å². The number of hydrogen-bond donors (Lipinski definition) is 2. The molecule has 0 radical (unpaired) electrons. The molecule has 0 aliphatic carbocycles. The average Bonchev–Trinajstić information content (AvgIpc) is 2.93. The molecule has 1 unspecified atom stereocenters. The molecule has 1 amide bonds. The topological polar surface area (TPSA) is 121 Å². The van der Waals surface area contributed by atoms with E-state index >= 15 is 0 Å². The molecule has 0 fully saturated rings. The molecule has 1 aromatic heterocycles. The van der Waals surface area contributed by atoms with Gasteiger partial charge in [-0.1, -0.05) is 24.3 Å². The molecule has 0 bridgehead atoms. The van der Waals surface area contributed by atoms with Crippen LogP contribution in [0.3, 0.4) is 0 Å². The Morgan fingerprint density at radius 2 is 1.73 bits per heavy atom. The van der Waals surface area contributed by atoms with Gasteiger partial charge in [-0.25, -0.2) is 13.1 Å². The second kappa shape index (κ2) is 11.8. The molecule has 3 aromatic carbocycles. The van der Waals surface area contributed by atoms with Crippen molar-refractivity contribution in [3.8, 4) is 17.2 Å². The summed E-state index contributed by atoms with van der Waals surface area (Å²) in [4.78, 5) is 16.4. The first kappa shape index (κ1) is 28.6. The number of nitrogens with one attached hydrogen (secondary N) is 1. The number of halogens is 3. The Balaban J connectivity index is 1.54. The Morgan fingerprint density at radius 3 is 2.38 bits per heavy atom. The smallest absolute Gasteiger partial charge is 0.419 e. The quantitative estimate of drug-likeness (QED) is 0.268. The van der Waals surface area contributed by atoms with E-state index in [2.05, 4.69) is 4.98 Å². The normalized spacial score (nSPS) is 12.4. The summed E-state index contributed by atoms with van der Waals surface area (Å²) in [7, 11) is -4.34. The van der Waals surface area contributed by atoms with Gasteiger partial charge in [-0.05, 0) is 72.6 Å². The molecular formula is C28H24F3N3O5S. The van der Waals surface area contributed by atoms with E-state index in [0.29, 0.717) is 28.7 Å². The highest BCUT2D eigenvalue weighted by molar-refractivity contribution is 7.90. The van der Waals surface area contributed by atoms with Gasteiger partial charge in [0.1, 0.15) is 23.4 Å². The van der Waals surface area contributed by atoms with Gasteiger partial charge in [0.2, 0.25) is 0 Å². The van der Waals surface area contributed by atoms with Crippen LogP contribution in [0, 0.1) is 0 Å². The van der Waals surface area contributed by atoms with Gasteiger partial charge < -0.3 is 15.2 Å².